The lowest BCUT2D eigenvalue weighted by atomic mass is 9.63. The van der Waals surface area contributed by atoms with Crippen molar-refractivity contribution in [2.75, 3.05) is 12.0 Å². The normalized spacial score (nSPS) is 33.2. The Morgan fingerprint density at radius 2 is 1.50 bits per heavy atom. The molecule has 0 N–H and O–H groups in total. The summed E-state index contributed by atoms with van der Waals surface area (Å²) in [7, 11) is 1.60. The molecule has 2 bridgehead atoms. The first-order valence-corrected chi connectivity index (χ1v) is 11.2. The fourth-order valence-corrected chi connectivity index (χ4v) is 6.61. The highest BCUT2D eigenvalue weighted by molar-refractivity contribution is 6.23. The van der Waals surface area contributed by atoms with Crippen LogP contribution in [0.4, 0.5) is 5.69 Å². The van der Waals surface area contributed by atoms with Crippen molar-refractivity contribution >= 4 is 28.9 Å². The van der Waals surface area contributed by atoms with Crippen LogP contribution in [0.5, 0.6) is 5.75 Å². The van der Waals surface area contributed by atoms with Gasteiger partial charge in [0.05, 0.1) is 24.6 Å². The van der Waals surface area contributed by atoms with Crippen LogP contribution < -0.4 is 9.64 Å². The van der Waals surface area contributed by atoms with E-state index in [9.17, 15) is 14.4 Å². The first-order valence-electron chi connectivity index (χ1n) is 11.2. The molecule has 8 rings (SSSR count). The molecule has 2 aromatic carbocycles. The third-order valence-electron chi connectivity index (χ3n) is 8.16. The summed E-state index contributed by atoms with van der Waals surface area (Å²) in [5.41, 5.74) is 3.80. The number of anilines is 1. The highest BCUT2D eigenvalue weighted by Crippen LogP contribution is 2.65. The Kier molecular flexibility index (Phi) is 3.44. The number of benzene rings is 2. The van der Waals surface area contributed by atoms with E-state index < -0.39 is 0 Å². The number of hydrogen-bond acceptors (Lipinski definition) is 4. The third-order valence-corrected chi connectivity index (χ3v) is 8.16. The Bertz CT molecular complexity index is 1250. The average Bonchev–Trinajstić information content (AvgIpc) is 3.53. The maximum absolute atomic E-state index is 13.3. The molecular weight excluding hydrogens is 402 g/mol. The molecule has 0 aromatic heterocycles. The van der Waals surface area contributed by atoms with Crippen LogP contribution in [0.2, 0.25) is 0 Å². The van der Waals surface area contributed by atoms with Crippen LogP contribution in [0.15, 0.2) is 60.7 Å². The number of ether oxygens (including phenoxy) is 1. The number of ketones is 1. The molecule has 2 aromatic rings. The van der Waals surface area contributed by atoms with Gasteiger partial charge in [-0.15, -0.1) is 0 Å². The Balaban J connectivity index is 1.22. The van der Waals surface area contributed by atoms with Crippen molar-refractivity contribution < 1.29 is 19.1 Å². The molecule has 32 heavy (non-hydrogen) atoms. The highest BCUT2D eigenvalue weighted by Gasteiger charge is 2.67. The van der Waals surface area contributed by atoms with Gasteiger partial charge in [-0.05, 0) is 83.2 Å². The van der Waals surface area contributed by atoms with Gasteiger partial charge in [0.2, 0.25) is 11.8 Å². The molecule has 2 saturated carbocycles. The van der Waals surface area contributed by atoms with Crippen LogP contribution >= 0.6 is 0 Å². The van der Waals surface area contributed by atoms with Crippen LogP contribution in [0, 0.1) is 35.5 Å². The quantitative estimate of drug-likeness (QED) is 0.555. The fraction of sp³-hybridized carbons (Fsp3) is 0.296. The number of nitrogens with zero attached hydrogens (tertiary/aromatic N) is 1. The fourth-order valence-electron chi connectivity index (χ4n) is 6.61. The molecule has 3 fully saturated rings. The summed E-state index contributed by atoms with van der Waals surface area (Å²) in [4.78, 5) is 40.5. The molecule has 158 valence electrons. The van der Waals surface area contributed by atoms with Crippen molar-refractivity contribution in [2.45, 2.75) is 6.42 Å². The number of rotatable bonds is 3. The van der Waals surface area contributed by atoms with E-state index in [1.165, 1.54) is 4.90 Å². The average molecular weight is 423 g/mol. The number of methoxy groups -OCH3 is 1. The van der Waals surface area contributed by atoms with E-state index in [1.807, 2.05) is 30.3 Å². The molecule has 0 spiro atoms. The highest BCUT2D eigenvalue weighted by atomic mass is 16.5. The molecule has 0 radical (unpaired) electrons. The van der Waals surface area contributed by atoms with Crippen molar-refractivity contribution in [3.8, 4) is 5.75 Å². The van der Waals surface area contributed by atoms with Gasteiger partial charge in [-0.1, -0.05) is 24.3 Å². The molecule has 1 heterocycles. The second-order valence-corrected chi connectivity index (χ2v) is 9.55. The number of amides is 2. The Morgan fingerprint density at radius 1 is 0.844 bits per heavy atom. The molecule has 1 saturated heterocycles. The maximum Gasteiger partial charge on any atom is 0.238 e. The van der Waals surface area contributed by atoms with Crippen molar-refractivity contribution in [1.82, 2.24) is 0 Å². The number of hydrogen-bond donors (Lipinski definition) is 0. The zero-order valence-electron chi connectivity index (χ0n) is 17.5. The molecule has 5 nitrogen and oxygen atoms in total. The monoisotopic (exact) mass is 423 g/mol. The van der Waals surface area contributed by atoms with Crippen molar-refractivity contribution in [3.05, 3.63) is 77.4 Å². The molecule has 2 amide bonds. The standard InChI is InChI=1S/C27H21NO4/c1-32-15-6-7-16-20(10-15)19(12-23(16)29)13-2-4-14(5-3-13)28-26(30)24-17-8-9-18(22-11-21(17)22)25(24)27(28)31/h2-10,12,17-18,21-22,24-25H,11H2,1H3. The van der Waals surface area contributed by atoms with Crippen molar-refractivity contribution in [1.29, 1.82) is 0 Å². The van der Waals surface area contributed by atoms with E-state index in [4.69, 9.17) is 4.74 Å². The maximum atomic E-state index is 13.3. The summed E-state index contributed by atoms with van der Waals surface area (Å²) in [6.07, 6.45) is 7.17. The van der Waals surface area contributed by atoms with E-state index in [0.29, 0.717) is 28.8 Å². The summed E-state index contributed by atoms with van der Waals surface area (Å²) < 4.78 is 5.32. The van der Waals surface area contributed by atoms with Crippen LogP contribution in [0.1, 0.15) is 27.9 Å². The zero-order chi connectivity index (χ0) is 21.7. The van der Waals surface area contributed by atoms with Gasteiger partial charge < -0.3 is 4.74 Å². The minimum Gasteiger partial charge on any atom is -0.497 e. The van der Waals surface area contributed by atoms with Gasteiger partial charge >= 0.3 is 0 Å². The van der Waals surface area contributed by atoms with Gasteiger partial charge in [0.25, 0.3) is 0 Å². The number of carbonyl (C=O) groups excluding carboxylic acids is 3. The van der Waals surface area contributed by atoms with Crippen LogP contribution in [-0.2, 0) is 9.59 Å². The third kappa shape index (κ3) is 2.21. The lowest BCUT2D eigenvalue weighted by molar-refractivity contribution is -0.124. The Morgan fingerprint density at radius 3 is 2.12 bits per heavy atom. The summed E-state index contributed by atoms with van der Waals surface area (Å²) in [6.45, 7) is 0. The van der Waals surface area contributed by atoms with E-state index in [2.05, 4.69) is 12.2 Å². The SMILES string of the molecule is COc1ccc2c(c1)C(c1ccc(N3C(=O)C4C5C=CC(C6CC56)C4C3=O)cc1)=CC2=O. The van der Waals surface area contributed by atoms with Gasteiger partial charge in [-0.25, -0.2) is 0 Å². The lowest BCUT2D eigenvalue weighted by Gasteiger charge is -2.37. The summed E-state index contributed by atoms with van der Waals surface area (Å²) >= 11 is 0. The zero-order valence-corrected chi connectivity index (χ0v) is 17.5. The van der Waals surface area contributed by atoms with Gasteiger partial charge in [0, 0.05) is 5.56 Å². The predicted octanol–water partition coefficient (Wildman–Crippen LogP) is 3.88. The Labute approximate surface area is 185 Å². The van der Waals surface area contributed by atoms with E-state index in [0.717, 1.165) is 23.1 Å². The molecule has 6 aliphatic rings. The van der Waals surface area contributed by atoms with Gasteiger partial charge in [-0.3, -0.25) is 19.3 Å². The molecule has 6 atom stereocenters. The molecule has 6 unspecified atom stereocenters. The van der Waals surface area contributed by atoms with E-state index >= 15 is 0 Å². The van der Waals surface area contributed by atoms with Crippen molar-refractivity contribution in [2.24, 2.45) is 35.5 Å². The number of allylic oxidation sites excluding steroid dienone is 3. The minimum atomic E-state index is -0.199. The second kappa shape index (κ2) is 6.06. The van der Waals surface area contributed by atoms with Gasteiger partial charge in [0.15, 0.2) is 5.78 Å². The summed E-state index contributed by atoms with van der Waals surface area (Å²) in [5, 5.41) is 0. The van der Waals surface area contributed by atoms with Crippen LogP contribution in [-0.4, -0.2) is 24.7 Å². The Hall–Kier alpha value is -3.47. The second-order valence-electron chi connectivity index (χ2n) is 9.55. The van der Waals surface area contributed by atoms with Crippen molar-refractivity contribution in [3.63, 3.8) is 0 Å². The summed E-state index contributed by atoms with van der Waals surface area (Å²) in [5.74, 6) is 1.78. The first kappa shape index (κ1) is 18.1. The molecule has 5 heteroatoms. The predicted molar refractivity (Wildman–Crippen MR) is 118 cm³/mol. The number of imide groups is 1. The molecule has 1 aliphatic heterocycles. The van der Waals surface area contributed by atoms with E-state index in [1.54, 1.807) is 25.3 Å². The molecular formula is C27H21NO4. The molecule has 5 aliphatic carbocycles. The van der Waals surface area contributed by atoms with Gasteiger partial charge in [-0.2, -0.15) is 0 Å². The van der Waals surface area contributed by atoms with E-state index in [-0.39, 0.29) is 41.3 Å². The van der Waals surface area contributed by atoms with Crippen LogP contribution in [0.3, 0.4) is 0 Å². The topological polar surface area (TPSA) is 63.7 Å². The number of carbonyl (C=O) groups is 3. The largest absolute Gasteiger partial charge is 0.497 e. The van der Waals surface area contributed by atoms with Crippen LogP contribution in [0.25, 0.3) is 5.57 Å². The lowest BCUT2D eigenvalue weighted by Crippen LogP contribution is -2.40. The minimum absolute atomic E-state index is 0.0303. The number of fused-ring (bicyclic) bond motifs is 1. The smallest absolute Gasteiger partial charge is 0.238 e. The first-order chi connectivity index (χ1) is 15.6. The summed E-state index contributed by atoms with van der Waals surface area (Å²) in [6, 6.07) is 12.8. The van der Waals surface area contributed by atoms with Gasteiger partial charge in [0.1, 0.15) is 5.75 Å².